The minimum atomic E-state index is -3.58. The van der Waals surface area contributed by atoms with Gasteiger partial charge in [-0.1, -0.05) is 11.6 Å². The predicted octanol–water partition coefficient (Wildman–Crippen LogP) is 1.95. The van der Waals surface area contributed by atoms with Crippen LogP contribution in [0.25, 0.3) is 0 Å². The van der Waals surface area contributed by atoms with Crippen LogP contribution in [0, 0.1) is 0 Å². The normalized spacial score (nSPS) is 18.4. The summed E-state index contributed by atoms with van der Waals surface area (Å²) in [5.41, 5.74) is 1.04. The number of anilines is 1. The van der Waals surface area contributed by atoms with Crippen LogP contribution in [0.3, 0.4) is 0 Å². The molecule has 0 aromatic heterocycles. The van der Waals surface area contributed by atoms with E-state index in [4.69, 9.17) is 22.3 Å². The highest BCUT2D eigenvalue weighted by Gasteiger charge is 2.24. The SMILES string of the molecule is O=S(=O)(Cl)N1CCN(c2ccc(Cl)cc2)CC1. The standard InChI is InChI=1S/C10H12Cl2N2O2S/c11-9-1-3-10(4-2-9)13-5-7-14(8-6-13)17(12,15)16/h1-4H,5-8H2. The minimum Gasteiger partial charge on any atom is -0.369 e. The van der Waals surface area contributed by atoms with Gasteiger partial charge in [0.2, 0.25) is 0 Å². The van der Waals surface area contributed by atoms with E-state index >= 15 is 0 Å². The van der Waals surface area contributed by atoms with E-state index in [1.165, 1.54) is 4.31 Å². The van der Waals surface area contributed by atoms with Crippen LogP contribution in [0.5, 0.6) is 0 Å². The van der Waals surface area contributed by atoms with Crippen LogP contribution in [0.15, 0.2) is 24.3 Å². The average molecular weight is 295 g/mol. The van der Waals surface area contributed by atoms with Gasteiger partial charge >= 0.3 is 0 Å². The summed E-state index contributed by atoms with van der Waals surface area (Å²) in [4.78, 5) is 2.11. The lowest BCUT2D eigenvalue weighted by molar-refractivity contribution is 0.393. The van der Waals surface area contributed by atoms with Crippen LogP contribution in [0.2, 0.25) is 5.02 Å². The maximum atomic E-state index is 11.1. The van der Waals surface area contributed by atoms with Crippen molar-refractivity contribution in [2.75, 3.05) is 31.1 Å². The molecule has 1 aromatic rings. The summed E-state index contributed by atoms with van der Waals surface area (Å²) in [5.74, 6) is 0. The van der Waals surface area contributed by atoms with Gasteiger partial charge in [-0.25, -0.2) is 0 Å². The Morgan fingerprint density at radius 1 is 1.00 bits per heavy atom. The number of halogens is 2. The van der Waals surface area contributed by atoms with Crippen molar-refractivity contribution in [3.05, 3.63) is 29.3 Å². The Morgan fingerprint density at radius 3 is 2.00 bits per heavy atom. The van der Waals surface area contributed by atoms with Crippen LogP contribution >= 0.6 is 22.3 Å². The van der Waals surface area contributed by atoms with E-state index in [9.17, 15) is 8.42 Å². The number of hydrogen-bond donors (Lipinski definition) is 0. The Labute approximate surface area is 110 Å². The predicted molar refractivity (Wildman–Crippen MR) is 70.0 cm³/mol. The van der Waals surface area contributed by atoms with Crippen molar-refractivity contribution in [2.45, 2.75) is 0 Å². The van der Waals surface area contributed by atoms with Crippen LogP contribution in [0.4, 0.5) is 5.69 Å². The van der Waals surface area contributed by atoms with Crippen molar-refractivity contribution in [3.63, 3.8) is 0 Å². The van der Waals surface area contributed by atoms with Gasteiger partial charge in [0, 0.05) is 47.6 Å². The Balaban J connectivity index is 2.02. The maximum absolute atomic E-state index is 11.1. The third-order valence-electron chi connectivity index (χ3n) is 2.74. The summed E-state index contributed by atoms with van der Waals surface area (Å²) in [6.07, 6.45) is 0. The van der Waals surface area contributed by atoms with Gasteiger partial charge < -0.3 is 4.90 Å². The van der Waals surface area contributed by atoms with E-state index in [1.54, 1.807) is 0 Å². The Hall–Kier alpha value is -0.490. The summed E-state index contributed by atoms with van der Waals surface area (Å²) in [5, 5.41) is 0.690. The lowest BCUT2D eigenvalue weighted by Gasteiger charge is -2.34. The van der Waals surface area contributed by atoms with Gasteiger partial charge in [0.1, 0.15) is 0 Å². The van der Waals surface area contributed by atoms with Gasteiger partial charge in [0.05, 0.1) is 0 Å². The fourth-order valence-electron chi connectivity index (χ4n) is 1.82. The second kappa shape index (κ2) is 5.02. The summed E-state index contributed by atoms with van der Waals surface area (Å²) in [6.45, 7) is 2.09. The van der Waals surface area contributed by atoms with Gasteiger partial charge in [-0.05, 0) is 24.3 Å². The van der Waals surface area contributed by atoms with Crippen molar-refractivity contribution in [1.82, 2.24) is 4.31 Å². The first-order chi connectivity index (χ1) is 7.97. The molecular weight excluding hydrogens is 283 g/mol. The lowest BCUT2D eigenvalue weighted by Crippen LogP contribution is -2.47. The molecule has 0 bridgehead atoms. The molecule has 1 aliphatic heterocycles. The first-order valence-electron chi connectivity index (χ1n) is 5.17. The van der Waals surface area contributed by atoms with Gasteiger partial charge in [-0.15, -0.1) is 0 Å². The second-order valence-electron chi connectivity index (χ2n) is 3.80. The third-order valence-corrected chi connectivity index (χ3v) is 4.56. The summed E-state index contributed by atoms with van der Waals surface area (Å²) < 4.78 is 23.5. The van der Waals surface area contributed by atoms with Crippen LogP contribution in [-0.2, 0) is 9.24 Å². The molecule has 0 amide bonds. The molecule has 2 rings (SSSR count). The highest BCUT2D eigenvalue weighted by atomic mass is 35.7. The fourth-order valence-corrected chi connectivity index (χ4v) is 2.96. The quantitative estimate of drug-likeness (QED) is 0.783. The molecule has 1 aromatic carbocycles. The van der Waals surface area contributed by atoms with Crippen molar-refractivity contribution in [3.8, 4) is 0 Å². The molecule has 1 fully saturated rings. The van der Waals surface area contributed by atoms with E-state index in [0.717, 1.165) is 5.69 Å². The van der Waals surface area contributed by atoms with E-state index in [-0.39, 0.29) is 0 Å². The molecule has 0 atom stereocenters. The van der Waals surface area contributed by atoms with E-state index in [1.807, 2.05) is 24.3 Å². The van der Waals surface area contributed by atoms with Crippen LogP contribution < -0.4 is 4.90 Å². The Morgan fingerprint density at radius 2 is 1.53 bits per heavy atom. The van der Waals surface area contributed by atoms with E-state index in [0.29, 0.717) is 31.2 Å². The first kappa shape index (κ1) is 13.0. The topological polar surface area (TPSA) is 40.6 Å². The summed E-state index contributed by atoms with van der Waals surface area (Å²) in [7, 11) is 1.71. The highest BCUT2D eigenvalue weighted by Crippen LogP contribution is 2.20. The third kappa shape index (κ3) is 3.25. The van der Waals surface area contributed by atoms with Gasteiger partial charge in [-0.3, -0.25) is 0 Å². The first-order valence-corrected chi connectivity index (χ1v) is 7.81. The molecule has 1 saturated heterocycles. The van der Waals surface area contributed by atoms with Gasteiger partial charge in [-0.2, -0.15) is 12.7 Å². The number of benzene rings is 1. The van der Waals surface area contributed by atoms with Crippen molar-refractivity contribution >= 4 is 37.2 Å². The summed E-state index contributed by atoms with van der Waals surface area (Å²) >= 11 is 5.81. The zero-order valence-corrected chi connectivity index (χ0v) is 11.3. The number of hydrogen-bond acceptors (Lipinski definition) is 3. The van der Waals surface area contributed by atoms with E-state index < -0.39 is 9.24 Å². The van der Waals surface area contributed by atoms with Gasteiger partial charge in [0.25, 0.3) is 9.24 Å². The monoisotopic (exact) mass is 294 g/mol. The molecule has 94 valence electrons. The molecule has 7 heteroatoms. The zero-order chi connectivity index (χ0) is 12.5. The molecule has 0 radical (unpaired) electrons. The molecule has 0 aliphatic carbocycles. The van der Waals surface area contributed by atoms with Gasteiger partial charge in [0.15, 0.2) is 0 Å². The molecule has 17 heavy (non-hydrogen) atoms. The molecule has 0 unspecified atom stereocenters. The second-order valence-corrected chi connectivity index (χ2v) is 6.75. The van der Waals surface area contributed by atoms with Crippen LogP contribution in [0.1, 0.15) is 0 Å². The molecule has 1 aliphatic rings. The fraction of sp³-hybridized carbons (Fsp3) is 0.400. The van der Waals surface area contributed by atoms with E-state index in [2.05, 4.69) is 4.90 Å². The largest absolute Gasteiger partial charge is 0.369 e. The summed E-state index contributed by atoms with van der Waals surface area (Å²) in [6, 6.07) is 7.49. The molecular formula is C10H12Cl2N2O2S. The zero-order valence-electron chi connectivity index (χ0n) is 9.01. The Bertz CT molecular complexity index is 482. The van der Waals surface area contributed by atoms with Crippen molar-refractivity contribution in [1.29, 1.82) is 0 Å². The molecule has 1 heterocycles. The number of piperazine rings is 1. The number of rotatable bonds is 2. The molecule has 0 N–H and O–H groups in total. The smallest absolute Gasteiger partial charge is 0.299 e. The molecule has 4 nitrogen and oxygen atoms in total. The van der Waals surface area contributed by atoms with Crippen molar-refractivity contribution in [2.24, 2.45) is 0 Å². The minimum absolute atomic E-state index is 0.411. The lowest BCUT2D eigenvalue weighted by atomic mass is 10.2. The molecule has 0 saturated carbocycles. The highest BCUT2D eigenvalue weighted by molar-refractivity contribution is 8.11. The number of nitrogens with zero attached hydrogens (tertiary/aromatic N) is 2. The molecule has 0 spiro atoms. The maximum Gasteiger partial charge on any atom is 0.299 e. The van der Waals surface area contributed by atoms with Crippen molar-refractivity contribution < 1.29 is 8.42 Å². The van der Waals surface area contributed by atoms with Crippen LogP contribution in [-0.4, -0.2) is 38.9 Å². The Kier molecular flexibility index (Phi) is 3.82. The average Bonchev–Trinajstić information content (AvgIpc) is 2.29.